The minimum Gasteiger partial charge on any atom is -0.370 e. The molecule has 0 saturated heterocycles. The van der Waals surface area contributed by atoms with E-state index in [-0.39, 0.29) is 18.2 Å². The van der Waals surface area contributed by atoms with Gasteiger partial charge in [0.15, 0.2) is 0 Å². The molecule has 0 aliphatic heterocycles. The Morgan fingerprint density at radius 3 is 2.38 bits per heavy atom. The summed E-state index contributed by atoms with van der Waals surface area (Å²) in [5, 5.41) is 0. The molecule has 0 heterocycles. The summed E-state index contributed by atoms with van der Waals surface area (Å²) < 4.78 is 0. The summed E-state index contributed by atoms with van der Waals surface area (Å²) in [7, 11) is 0. The summed E-state index contributed by atoms with van der Waals surface area (Å²) in [5.74, 6) is 0.371. The van der Waals surface area contributed by atoms with Crippen molar-refractivity contribution in [3.05, 3.63) is 65.2 Å². The van der Waals surface area contributed by atoms with Gasteiger partial charge in [0, 0.05) is 36.6 Å². The highest BCUT2D eigenvalue weighted by Crippen LogP contribution is 2.22. The molecule has 138 valence electrons. The Kier molecular flexibility index (Phi) is 7.73. The number of aryl methyl sites for hydroxylation is 2. The van der Waals surface area contributed by atoms with E-state index < -0.39 is 0 Å². The lowest BCUT2D eigenvalue weighted by atomic mass is 10.1. The molecule has 0 radical (unpaired) electrons. The molecule has 0 aromatic heterocycles. The Balaban J connectivity index is 1.91. The van der Waals surface area contributed by atoms with Crippen LogP contribution < -0.4 is 5.73 Å². The number of rotatable bonds is 9. The fourth-order valence-corrected chi connectivity index (χ4v) is 3.50. The lowest BCUT2D eigenvalue weighted by Crippen LogP contribution is -2.33. The van der Waals surface area contributed by atoms with Gasteiger partial charge in [0.1, 0.15) is 0 Å². The predicted octanol–water partition coefficient (Wildman–Crippen LogP) is 3.69. The molecule has 0 aliphatic rings. The molecule has 0 saturated carbocycles. The highest BCUT2D eigenvalue weighted by atomic mass is 32.2. The quantitative estimate of drug-likeness (QED) is 0.685. The molecule has 0 bridgehead atoms. The number of hydrogen-bond acceptors (Lipinski definition) is 3. The van der Waals surface area contributed by atoms with Gasteiger partial charge in [-0.15, -0.1) is 11.8 Å². The number of carbonyl (C=O) groups is 2. The predicted molar refractivity (Wildman–Crippen MR) is 107 cm³/mol. The molecule has 2 N–H and O–H groups in total. The second-order valence-corrected chi connectivity index (χ2v) is 7.53. The molecule has 4 nitrogen and oxygen atoms in total. The number of primary amides is 1. The normalized spacial score (nSPS) is 10.5. The van der Waals surface area contributed by atoms with Crippen molar-refractivity contribution in [3.8, 4) is 0 Å². The second kappa shape index (κ2) is 10.0. The number of hydrogen-bond donors (Lipinski definition) is 1. The standard InChI is InChI=1S/C21H26N2O2S/c1-16-8-9-19(14-17(16)2)26-13-11-21(25)23(12-10-20(22)24)15-18-6-4-3-5-7-18/h3-9,14H,10-13,15H2,1-2H3,(H2,22,24). The molecule has 26 heavy (non-hydrogen) atoms. The van der Waals surface area contributed by atoms with Crippen molar-refractivity contribution in [2.75, 3.05) is 12.3 Å². The van der Waals surface area contributed by atoms with Gasteiger partial charge < -0.3 is 10.6 Å². The second-order valence-electron chi connectivity index (χ2n) is 6.36. The van der Waals surface area contributed by atoms with Gasteiger partial charge in [0.05, 0.1) is 0 Å². The van der Waals surface area contributed by atoms with Crippen LogP contribution in [0.5, 0.6) is 0 Å². The maximum absolute atomic E-state index is 12.6. The molecule has 0 unspecified atom stereocenters. The van der Waals surface area contributed by atoms with Crippen molar-refractivity contribution in [3.63, 3.8) is 0 Å². The van der Waals surface area contributed by atoms with Crippen LogP contribution in [-0.2, 0) is 16.1 Å². The first-order chi connectivity index (χ1) is 12.5. The largest absolute Gasteiger partial charge is 0.370 e. The summed E-state index contributed by atoms with van der Waals surface area (Å²) in [6.45, 7) is 5.04. The summed E-state index contributed by atoms with van der Waals surface area (Å²) in [4.78, 5) is 26.6. The van der Waals surface area contributed by atoms with E-state index in [9.17, 15) is 9.59 Å². The smallest absolute Gasteiger partial charge is 0.223 e. The molecular formula is C21H26N2O2S. The molecule has 0 aliphatic carbocycles. The van der Waals surface area contributed by atoms with Gasteiger partial charge in [-0.05, 0) is 42.7 Å². The Morgan fingerprint density at radius 2 is 1.73 bits per heavy atom. The van der Waals surface area contributed by atoms with Crippen molar-refractivity contribution in [1.29, 1.82) is 0 Å². The van der Waals surface area contributed by atoms with Crippen LogP contribution in [0.2, 0.25) is 0 Å². The minimum absolute atomic E-state index is 0.0476. The van der Waals surface area contributed by atoms with Crippen LogP contribution in [0.3, 0.4) is 0 Å². The number of nitrogens with zero attached hydrogens (tertiary/aromatic N) is 1. The van der Waals surface area contributed by atoms with Crippen LogP contribution in [0.25, 0.3) is 0 Å². The summed E-state index contributed by atoms with van der Waals surface area (Å²) in [6, 6.07) is 16.1. The number of thioether (sulfide) groups is 1. The van der Waals surface area contributed by atoms with Crippen LogP contribution in [0, 0.1) is 13.8 Å². The van der Waals surface area contributed by atoms with Crippen molar-refractivity contribution in [2.24, 2.45) is 5.73 Å². The Bertz CT molecular complexity index is 747. The topological polar surface area (TPSA) is 63.4 Å². The average Bonchev–Trinajstić information content (AvgIpc) is 2.62. The Hall–Kier alpha value is -2.27. The molecule has 2 aromatic carbocycles. The van der Waals surface area contributed by atoms with Crippen molar-refractivity contribution < 1.29 is 9.59 Å². The van der Waals surface area contributed by atoms with E-state index >= 15 is 0 Å². The van der Waals surface area contributed by atoms with Crippen LogP contribution >= 0.6 is 11.8 Å². The van der Waals surface area contributed by atoms with E-state index in [0.29, 0.717) is 25.3 Å². The van der Waals surface area contributed by atoms with E-state index in [1.54, 1.807) is 16.7 Å². The minimum atomic E-state index is -0.389. The van der Waals surface area contributed by atoms with E-state index in [0.717, 1.165) is 5.56 Å². The van der Waals surface area contributed by atoms with Gasteiger partial charge in [-0.25, -0.2) is 0 Å². The zero-order valence-electron chi connectivity index (χ0n) is 15.4. The van der Waals surface area contributed by atoms with Crippen molar-refractivity contribution >= 4 is 23.6 Å². The Labute approximate surface area is 159 Å². The van der Waals surface area contributed by atoms with Gasteiger partial charge in [-0.3, -0.25) is 9.59 Å². The van der Waals surface area contributed by atoms with Crippen LogP contribution in [0.15, 0.2) is 53.4 Å². The molecule has 2 aromatic rings. The fourth-order valence-electron chi connectivity index (χ4n) is 2.56. The lowest BCUT2D eigenvalue weighted by Gasteiger charge is -2.22. The number of amides is 2. The lowest BCUT2D eigenvalue weighted by molar-refractivity contribution is -0.131. The first-order valence-corrected chi connectivity index (χ1v) is 9.74. The number of carbonyl (C=O) groups excluding carboxylic acids is 2. The van der Waals surface area contributed by atoms with E-state index in [2.05, 4.69) is 32.0 Å². The molecule has 0 spiro atoms. The molecule has 0 fully saturated rings. The summed E-state index contributed by atoms with van der Waals surface area (Å²) >= 11 is 1.68. The highest BCUT2D eigenvalue weighted by molar-refractivity contribution is 7.99. The average molecular weight is 371 g/mol. The monoisotopic (exact) mass is 370 g/mol. The van der Waals surface area contributed by atoms with Gasteiger partial charge >= 0.3 is 0 Å². The first-order valence-electron chi connectivity index (χ1n) is 8.76. The molecule has 2 amide bonds. The third-order valence-corrected chi connectivity index (χ3v) is 5.26. The zero-order chi connectivity index (χ0) is 18.9. The Morgan fingerprint density at radius 1 is 1.00 bits per heavy atom. The molecule has 2 rings (SSSR count). The molecular weight excluding hydrogens is 344 g/mol. The summed E-state index contributed by atoms with van der Waals surface area (Å²) in [6.07, 6.45) is 0.617. The van der Waals surface area contributed by atoms with E-state index in [1.807, 2.05) is 30.3 Å². The number of benzene rings is 2. The number of nitrogens with two attached hydrogens (primary N) is 1. The van der Waals surface area contributed by atoms with Crippen LogP contribution in [-0.4, -0.2) is 29.0 Å². The highest BCUT2D eigenvalue weighted by Gasteiger charge is 2.15. The van der Waals surface area contributed by atoms with Gasteiger partial charge in [0.25, 0.3) is 0 Å². The maximum Gasteiger partial charge on any atom is 0.223 e. The first kappa shape index (κ1) is 20.0. The van der Waals surface area contributed by atoms with Crippen LogP contribution in [0.1, 0.15) is 29.5 Å². The summed E-state index contributed by atoms with van der Waals surface area (Å²) in [5.41, 5.74) is 8.83. The van der Waals surface area contributed by atoms with Gasteiger partial charge in [0.2, 0.25) is 11.8 Å². The third-order valence-electron chi connectivity index (χ3n) is 4.26. The van der Waals surface area contributed by atoms with Gasteiger partial charge in [-0.1, -0.05) is 36.4 Å². The third kappa shape index (κ3) is 6.56. The molecule has 5 heteroatoms. The fraction of sp³-hybridized carbons (Fsp3) is 0.333. The zero-order valence-corrected chi connectivity index (χ0v) is 16.2. The van der Waals surface area contributed by atoms with Gasteiger partial charge in [-0.2, -0.15) is 0 Å². The van der Waals surface area contributed by atoms with Crippen molar-refractivity contribution in [2.45, 2.75) is 38.1 Å². The van der Waals surface area contributed by atoms with E-state index in [1.165, 1.54) is 16.0 Å². The van der Waals surface area contributed by atoms with Crippen LogP contribution in [0.4, 0.5) is 0 Å². The molecule has 0 atom stereocenters. The van der Waals surface area contributed by atoms with E-state index in [4.69, 9.17) is 5.73 Å². The van der Waals surface area contributed by atoms with Crippen molar-refractivity contribution in [1.82, 2.24) is 4.90 Å². The SMILES string of the molecule is Cc1ccc(SCCC(=O)N(CCC(N)=O)Cc2ccccc2)cc1C. The maximum atomic E-state index is 12.6.